The molecule has 4 aromatic rings. The van der Waals surface area contributed by atoms with Gasteiger partial charge in [0.25, 0.3) is 11.8 Å². The zero-order valence-corrected chi connectivity index (χ0v) is 23.6. The first-order chi connectivity index (χ1) is 20.2. The van der Waals surface area contributed by atoms with E-state index in [4.69, 9.17) is 5.10 Å². The van der Waals surface area contributed by atoms with Crippen molar-refractivity contribution in [2.24, 2.45) is 0 Å². The third kappa shape index (κ3) is 3.80. The predicted molar refractivity (Wildman–Crippen MR) is 155 cm³/mol. The molecule has 10 heteroatoms. The van der Waals surface area contributed by atoms with E-state index in [-0.39, 0.29) is 23.3 Å². The molecule has 2 aromatic carbocycles. The lowest BCUT2D eigenvalue weighted by Crippen LogP contribution is -2.55. The fourth-order valence-corrected chi connectivity index (χ4v) is 6.53. The molecule has 2 aromatic heterocycles. The lowest BCUT2D eigenvalue weighted by molar-refractivity contribution is -0.121. The van der Waals surface area contributed by atoms with Crippen LogP contribution in [0.25, 0.3) is 10.9 Å². The maximum atomic E-state index is 14.2. The number of amides is 4. The summed E-state index contributed by atoms with van der Waals surface area (Å²) in [6, 6.07) is 18.7. The quantitative estimate of drug-likeness (QED) is 0.348. The van der Waals surface area contributed by atoms with Crippen molar-refractivity contribution in [2.45, 2.75) is 57.3 Å². The Morgan fingerprint density at radius 3 is 2.60 bits per heavy atom. The second-order valence-corrected chi connectivity index (χ2v) is 12.2. The maximum Gasteiger partial charge on any atom is 0.332 e. The number of nitrogens with zero attached hydrogens (tertiary/aromatic N) is 7. The van der Waals surface area contributed by atoms with E-state index in [0.29, 0.717) is 47.4 Å². The van der Waals surface area contributed by atoms with Crippen molar-refractivity contribution in [1.82, 2.24) is 24.6 Å². The second-order valence-electron chi connectivity index (χ2n) is 12.2. The number of carbonyl (C=O) groups excluding carboxylic acids is 3. The number of nitriles is 1. The van der Waals surface area contributed by atoms with E-state index >= 15 is 0 Å². The van der Waals surface area contributed by atoms with Gasteiger partial charge in [0.1, 0.15) is 17.8 Å². The van der Waals surface area contributed by atoms with Gasteiger partial charge in [0, 0.05) is 23.5 Å². The Hall–Kier alpha value is -5.04. The number of aromatic nitrogens is 3. The summed E-state index contributed by atoms with van der Waals surface area (Å²) in [4.78, 5) is 50.8. The van der Waals surface area contributed by atoms with Crippen molar-refractivity contribution >= 4 is 34.4 Å². The van der Waals surface area contributed by atoms with Crippen LogP contribution in [0.5, 0.6) is 0 Å². The molecule has 3 saturated heterocycles. The smallest absolute Gasteiger partial charge is 0.330 e. The van der Waals surface area contributed by atoms with Gasteiger partial charge in [0.05, 0.1) is 41.1 Å². The molecule has 0 radical (unpaired) electrons. The molecule has 4 amide bonds. The van der Waals surface area contributed by atoms with Gasteiger partial charge in [0.15, 0.2) is 0 Å². The number of hydrogen-bond acceptors (Lipinski definition) is 6. The van der Waals surface area contributed by atoms with Crippen LogP contribution in [0.1, 0.15) is 54.5 Å². The monoisotopic (exact) mass is 559 g/mol. The first kappa shape index (κ1) is 25.9. The largest absolute Gasteiger partial charge is 0.332 e. The molecule has 3 atom stereocenters. The Bertz CT molecular complexity index is 1820. The van der Waals surface area contributed by atoms with Crippen LogP contribution in [-0.2, 0) is 16.8 Å². The molecule has 3 aliphatic rings. The van der Waals surface area contributed by atoms with E-state index < -0.39 is 18.1 Å². The van der Waals surface area contributed by atoms with Gasteiger partial charge in [-0.2, -0.15) is 10.4 Å². The highest BCUT2D eigenvalue weighted by molar-refractivity contribution is 6.25. The minimum absolute atomic E-state index is 0.187. The molecule has 0 saturated carbocycles. The summed E-state index contributed by atoms with van der Waals surface area (Å²) in [6.45, 7) is 6.98. The number of fused-ring (bicyclic) bond motifs is 6. The second kappa shape index (κ2) is 9.24. The first-order valence-corrected chi connectivity index (χ1v) is 14.0. The fraction of sp³-hybridized carbons (Fsp3) is 0.312. The SMILES string of the molecule is CC(C)(C)c1cc(C(=O)N2C[C@H]3CC2C2C(=O)N(c4ccc(C#N)c5ncccc45)C(=O)N23)n(Cc2ccccc2)n1. The van der Waals surface area contributed by atoms with Crippen LogP contribution in [0.3, 0.4) is 0 Å². The number of urea groups is 1. The lowest BCUT2D eigenvalue weighted by atomic mass is 9.92. The lowest BCUT2D eigenvalue weighted by Gasteiger charge is -2.34. The van der Waals surface area contributed by atoms with Crippen LogP contribution < -0.4 is 4.90 Å². The number of likely N-dealkylation sites (tertiary alicyclic amines) is 1. The third-order valence-corrected chi connectivity index (χ3v) is 8.58. The minimum Gasteiger partial charge on any atom is -0.330 e. The van der Waals surface area contributed by atoms with E-state index in [1.807, 2.05) is 36.4 Å². The molecule has 42 heavy (non-hydrogen) atoms. The van der Waals surface area contributed by atoms with Crippen molar-refractivity contribution in [3.8, 4) is 6.07 Å². The van der Waals surface area contributed by atoms with E-state index in [1.165, 1.54) is 4.90 Å². The van der Waals surface area contributed by atoms with Crippen molar-refractivity contribution in [2.75, 3.05) is 11.4 Å². The number of hydrogen-bond donors (Lipinski definition) is 0. The summed E-state index contributed by atoms with van der Waals surface area (Å²) in [5, 5.41) is 14.9. The average Bonchev–Trinajstić information content (AvgIpc) is 3.75. The van der Waals surface area contributed by atoms with Gasteiger partial charge in [-0.25, -0.2) is 9.69 Å². The van der Waals surface area contributed by atoms with Crippen LogP contribution in [0.2, 0.25) is 0 Å². The van der Waals surface area contributed by atoms with Crippen LogP contribution in [-0.4, -0.2) is 67.1 Å². The van der Waals surface area contributed by atoms with Crippen LogP contribution in [0, 0.1) is 11.3 Å². The molecule has 3 aliphatic heterocycles. The average molecular weight is 560 g/mol. The Balaban J connectivity index is 1.22. The fourth-order valence-electron chi connectivity index (χ4n) is 6.53. The van der Waals surface area contributed by atoms with Gasteiger partial charge >= 0.3 is 6.03 Å². The number of piperazine rings is 1. The van der Waals surface area contributed by atoms with Crippen LogP contribution in [0.4, 0.5) is 10.5 Å². The summed E-state index contributed by atoms with van der Waals surface area (Å²) in [7, 11) is 0. The minimum atomic E-state index is -0.768. The van der Waals surface area contributed by atoms with Crippen molar-refractivity contribution in [3.63, 3.8) is 0 Å². The van der Waals surface area contributed by atoms with Crippen molar-refractivity contribution in [1.29, 1.82) is 5.26 Å². The molecule has 10 nitrogen and oxygen atoms in total. The van der Waals surface area contributed by atoms with E-state index in [2.05, 4.69) is 31.8 Å². The molecule has 0 aliphatic carbocycles. The highest BCUT2D eigenvalue weighted by Crippen LogP contribution is 2.44. The number of rotatable bonds is 4. The van der Waals surface area contributed by atoms with E-state index in [1.54, 1.807) is 44.9 Å². The molecule has 0 spiro atoms. The van der Waals surface area contributed by atoms with E-state index in [9.17, 15) is 19.6 Å². The van der Waals surface area contributed by atoms with Crippen molar-refractivity contribution in [3.05, 3.63) is 89.4 Å². The standard InChI is InChI=1S/C32H29N7O3/c1-32(2,3)26-15-25(37(35-26)17-19-8-5-4-6-9-19)29(40)36-18-21-14-24(36)28-30(41)39(31(42)38(21)28)23-12-11-20(16-33)27-22(23)10-7-13-34-27/h4-13,15,21,24,28H,14,17-18H2,1-3H3/t21-,24?,28?/m1/s1. The molecule has 210 valence electrons. The van der Waals surface area contributed by atoms with Crippen LogP contribution >= 0.6 is 0 Å². The molecule has 2 bridgehead atoms. The zero-order chi connectivity index (χ0) is 29.3. The van der Waals surface area contributed by atoms with Crippen molar-refractivity contribution < 1.29 is 14.4 Å². The Kier molecular flexibility index (Phi) is 5.70. The Labute approximate surface area is 242 Å². The maximum absolute atomic E-state index is 14.2. The number of carbonyl (C=O) groups is 3. The van der Waals surface area contributed by atoms with Gasteiger partial charge < -0.3 is 9.80 Å². The normalized spacial score (nSPS) is 21.4. The molecule has 0 N–H and O–H groups in total. The summed E-state index contributed by atoms with van der Waals surface area (Å²) in [6.07, 6.45) is 2.13. The zero-order valence-electron chi connectivity index (χ0n) is 23.6. The highest BCUT2D eigenvalue weighted by atomic mass is 16.2. The molecule has 7 rings (SSSR count). The summed E-state index contributed by atoms with van der Waals surface area (Å²) in [5.74, 6) is -0.555. The Morgan fingerprint density at radius 2 is 1.86 bits per heavy atom. The van der Waals surface area contributed by atoms with E-state index in [0.717, 1.165) is 11.3 Å². The number of benzene rings is 2. The molecular formula is C32H29N7O3. The van der Waals surface area contributed by atoms with Gasteiger partial charge in [-0.3, -0.25) is 19.3 Å². The molecule has 2 unspecified atom stereocenters. The summed E-state index contributed by atoms with van der Waals surface area (Å²) < 4.78 is 1.76. The number of pyridine rings is 1. The summed E-state index contributed by atoms with van der Waals surface area (Å²) in [5.41, 5.74) is 3.26. The third-order valence-electron chi connectivity index (χ3n) is 8.58. The molecule has 3 fully saturated rings. The number of anilines is 1. The predicted octanol–water partition coefficient (Wildman–Crippen LogP) is 4.08. The van der Waals surface area contributed by atoms with Gasteiger partial charge in [-0.15, -0.1) is 0 Å². The molecular weight excluding hydrogens is 530 g/mol. The summed E-state index contributed by atoms with van der Waals surface area (Å²) >= 11 is 0. The Morgan fingerprint density at radius 1 is 1.07 bits per heavy atom. The van der Waals surface area contributed by atoms with Gasteiger partial charge in [0.2, 0.25) is 0 Å². The van der Waals surface area contributed by atoms with Gasteiger partial charge in [-0.05, 0) is 42.3 Å². The highest BCUT2D eigenvalue weighted by Gasteiger charge is 2.63. The first-order valence-electron chi connectivity index (χ1n) is 14.0. The molecule has 5 heterocycles. The van der Waals surface area contributed by atoms with Crippen LogP contribution in [0.15, 0.2) is 66.9 Å². The van der Waals surface area contributed by atoms with Gasteiger partial charge in [-0.1, -0.05) is 51.1 Å². The number of imide groups is 1. The topological polar surface area (TPSA) is 115 Å².